The summed E-state index contributed by atoms with van der Waals surface area (Å²) in [4.78, 5) is 24.5. The van der Waals surface area contributed by atoms with Gasteiger partial charge in [0.05, 0.1) is 16.8 Å². The van der Waals surface area contributed by atoms with E-state index < -0.39 is 11.7 Å². The van der Waals surface area contributed by atoms with Gasteiger partial charge in [0.25, 0.3) is 11.8 Å². The third-order valence-corrected chi connectivity index (χ3v) is 3.53. The largest absolute Gasteiger partial charge is 0.350 e. The molecule has 0 aliphatic heterocycles. The third kappa shape index (κ3) is 4.16. The molecule has 120 valence electrons. The summed E-state index contributed by atoms with van der Waals surface area (Å²) in [5.74, 6) is -1.47. The standard InChI is InChI=1S/C18H19FN2O2/c1-3-12(2)20-18(23)14-9-5-7-11-16(14)21-17(22)13-8-4-6-10-15(13)19/h4-12H,3H2,1-2H3,(H,20,23)(H,21,22)/t12-/m0/s1. The Bertz CT molecular complexity index is 716. The SMILES string of the molecule is CC[C@H](C)NC(=O)c1ccccc1NC(=O)c1ccccc1F. The monoisotopic (exact) mass is 314 g/mol. The Balaban J connectivity index is 2.22. The van der Waals surface area contributed by atoms with Crippen molar-refractivity contribution in [2.45, 2.75) is 26.3 Å². The second kappa shape index (κ2) is 7.54. The number of anilines is 1. The highest BCUT2D eigenvalue weighted by Crippen LogP contribution is 2.17. The van der Waals surface area contributed by atoms with Gasteiger partial charge in [-0.1, -0.05) is 31.2 Å². The van der Waals surface area contributed by atoms with E-state index in [0.717, 1.165) is 6.42 Å². The number of nitrogens with one attached hydrogen (secondary N) is 2. The van der Waals surface area contributed by atoms with Crippen LogP contribution in [-0.2, 0) is 0 Å². The topological polar surface area (TPSA) is 58.2 Å². The number of para-hydroxylation sites is 1. The first-order chi connectivity index (χ1) is 11.0. The maximum absolute atomic E-state index is 13.7. The van der Waals surface area contributed by atoms with Crippen molar-refractivity contribution in [1.29, 1.82) is 0 Å². The first-order valence-corrected chi connectivity index (χ1v) is 7.48. The quantitative estimate of drug-likeness (QED) is 0.886. The highest BCUT2D eigenvalue weighted by Gasteiger charge is 2.16. The fourth-order valence-corrected chi connectivity index (χ4v) is 2.03. The lowest BCUT2D eigenvalue weighted by molar-refractivity contribution is 0.0940. The van der Waals surface area contributed by atoms with Gasteiger partial charge in [-0.2, -0.15) is 0 Å². The van der Waals surface area contributed by atoms with Crippen molar-refractivity contribution in [2.75, 3.05) is 5.32 Å². The van der Waals surface area contributed by atoms with E-state index in [1.54, 1.807) is 30.3 Å². The van der Waals surface area contributed by atoms with Gasteiger partial charge in [-0.3, -0.25) is 9.59 Å². The normalized spacial score (nSPS) is 11.6. The van der Waals surface area contributed by atoms with E-state index in [9.17, 15) is 14.0 Å². The van der Waals surface area contributed by atoms with Crippen LogP contribution >= 0.6 is 0 Å². The van der Waals surface area contributed by atoms with Gasteiger partial charge in [0.2, 0.25) is 0 Å². The van der Waals surface area contributed by atoms with Crippen LogP contribution in [0.25, 0.3) is 0 Å². The van der Waals surface area contributed by atoms with Gasteiger partial charge in [-0.05, 0) is 37.6 Å². The molecule has 4 nitrogen and oxygen atoms in total. The van der Waals surface area contributed by atoms with Crippen molar-refractivity contribution < 1.29 is 14.0 Å². The van der Waals surface area contributed by atoms with Crippen LogP contribution in [0.5, 0.6) is 0 Å². The van der Waals surface area contributed by atoms with Crippen LogP contribution in [0.2, 0.25) is 0 Å². The van der Waals surface area contributed by atoms with Crippen LogP contribution in [0.1, 0.15) is 41.0 Å². The molecule has 2 N–H and O–H groups in total. The average molecular weight is 314 g/mol. The molecule has 23 heavy (non-hydrogen) atoms. The molecule has 2 amide bonds. The first-order valence-electron chi connectivity index (χ1n) is 7.48. The summed E-state index contributed by atoms with van der Waals surface area (Å²) in [5.41, 5.74) is 0.628. The molecule has 0 heterocycles. The predicted octanol–water partition coefficient (Wildman–Crippen LogP) is 3.61. The Morgan fingerprint density at radius 3 is 2.26 bits per heavy atom. The van der Waals surface area contributed by atoms with Gasteiger partial charge >= 0.3 is 0 Å². The predicted molar refractivity (Wildman–Crippen MR) is 88.0 cm³/mol. The Hall–Kier alpha value is -2.69. The summed E-state index contributed by atoms with van der Waals surface area (Å²) < 4.78 is 13.7. The van der Waals surface area contributed by atoms with Crippen molar-refractivity contribution in [1.82, 2.24) is 5.32 Å². The molecule has 5 heteroatoms. The maximum atomic E-state index is 13.7. The lowest BCUT2D eigenvalue weighted by Crippen LogP contribution is -2.32. The van der Waals surface area contributed by atoms with E-state index in [1.165, 1.54) is 18.2 Å². The van der Waals surface area contributed by atoms with Crippen LogP contribution in [0.3, 0.4) is 0 Å². The minimum absolute atomic E-state index is 0.0258. The fourth-order valence-electron chi connectivity index (χ4n) is 2.03. The van der Waals surface area contributed by atoms with Gasteiger partial charge in [0.1, 0.15) is 5.82 Å². The molecule has 2 aromatic carbocycles. The van der Waals surface area contributed by atoms with Crippen LogP contribution in [-0.4, -0.2) is 17.9 Å². The smallest absolute Gasteiger partial charge is 0.258 e. The van der Waals surface area contributed by atoms with E-state index >= 15 is 0 Å². The van der Waals surface area contributed by atoms with Gasteiger partial charge in [-0.25, -0.2) is 4.39 Å². The molecule has 0 spiro atoms. The zero-order valence-corrected chi connectivity index (χ0v) is 13.1. The van der Waals surface area contributed by atoms with E-state index in [-0.39, 0.29) is 17.5 Å². The van der Waals surface area contributed by atoms with Gasteiger partial charge < -0.3 is 10.6 Å². The summed E-state index contributed by atoms with van der Waals surface area (Å²) in [7, 11) is 0. The van der Waals surface area contributed by atoms with Crippen molar-refractivity contribution in [2.24, 2.45) is 0 Å². The van der Waals surface area contributed by atoms with Crippen LogP contribution in [0, 0.1) is 5.82 Å². The summed E-state index contributed by atoms with van der Waals surface area (Å²) in [6.07, 6.45) is 0.801. The average Bonchev–Trinajstić information content (AvgIpc) is 2.55. The molecule has 0 bridgehead atoms. The maximum Gasteiger partial charge on any atom is 0.258 e. The van der Waals surface area contributed by atoms with Crippen LogP contribution in [0.15, 0.2) is 48.5 Å². The van der Waals surface area contributed by atoms with E-state index in [2.05, 4.69) is 10.6 Å². The number of halogens is 1. The Kier molecular flexibility index (Phi) is 5.46. The summed E-state index contributed by atoms with van der Waals surface area (Å²) in [6, 6.07) is 12.4. The molecule has 2 aromatic rings. The molecule has 0 radical (unpaired) electrons. The zero-order valence-electron chi connectivity index (χ0n) is 13.1. The highest BCUT2D eigenvalue weighted by molar-refractivity contribution is 6.09. The molecule has 0 saturated carbocycles. The molecule has 0 aliphatic rings. The van der Waals surface area contributed by atoms with Crippen LogP contribution in [0.4, 0.5) is 10.1 Å². The second-order valence-corrected chi connectivity index (χ2v) is 5.26. The van der Waals surface area contributed by atoms with Crippen LogP contribution < -0.4 is 10.6 Å². The lowest BCUT2D eigenvalue weighted by atomic mass is 10.1. The molecule has 0 fully saturated rings. The summed E-state index contributed by atoms with van der Waals surface area (Å²) >= 11 is 0. The highest BCUT2D eigenvalue weighted by atomic mass is 19.1. The van der Waals surface area contributed by atoms with Crippen molar-refractivity contribution in [3.05, 3.63) is 65.5 Å². The van der Waals surface area contributed by atoms with E-state index in [1.807, 2.05) is 13.8 Å². The number of benzene rings is 2. The minimum Gasteiger partial charge on any atom is -0.350 e. The molecular weight excluding hydrogens is 295 g/mol. The Morgan fingerprint density at radius 1 is 1.00 bits per heavy atom. The first kappa shape index (κ1) is 16.7. The Morgan fingerprint density at radius 2 is 1.61 bits per heavy atom. The molecule has 2 rings (SSSR count). The minimum atomic E-state index is -0.605. The van der Waals surface area contributed by atoms with E-state index in [0.29, 0.717) is 11.3 Å². The van der Waals surface area contributed by atoms with Crippen molar-refractivity contribution in [3.8, 4) is 0 Å². The van der Waals surface area contributed by atoms with Crippen molar-refractivity contribution in [3.63, 3.8) is 0 Å². The van der Waals surface area contributed by atoms with E-state index in [4.69, 9.17) is 0 Å². The molecule has 0 saturated heterocycles. The number of carbonyl (C=O) groups excluding carboxylic acids is 2. The number of hydrogen-bond donors (Lipinski definition) is 2. The molecule has 1 atom stereocenters. The van der Waals surface area contributed by atoms with Crippen molar-refractivity contribution >= 4 is 17.5 Å². The third-order valence-electron chi connectivity index (χ3n) is 3.53. The molecule has 0 aliphatic carbocycles. The fraction of sp³-hybridized carbons (Fsp3) is 0.222. The van der Waals surface area contributed by atoms with Gasteiger partial charge in [-0.15, -0.1) is 0 Å². The lowest BCUT2D eigenvalue weighted by Gasteiger charge is -2.14. The molecule has 0 aromatic heterocycles. The van der Waals surface area contributed by atoms with Gasteiger partial charge in [0.15, 0.2) is 0 Å². The number of amides is 2. The zero-order chi connectivity index (χ0) is 16.8. The summed E-state index contributed by atoms with van der Waals surface area (Å²) in [6.45, 7) is 3.87. The molecular formula is C18H19FN2O2. The second-order valence-electron chi connectivity index (χ2n) is 5.26. The molecule has 0 unspecified atom stereocenters. The summed E-state index contributed by atoms with van der Waals surface area (Å²) in [5, 5.41) is 5.45. The van der Waals surface area contributed by atoms with Gasteiger partial charge in [0, 0.05) is 6.04 Å². The Labute approximate surface area is 134 Å². The number of carbonyl (C=O) groups is 2. The number of rotatable bonds is 5. The number of hydrogen-bond acceptors (Lipinski definition) is 2.